The average molecular weight is 669 g/mol. The topological polar surface area (TPSA) is 86.8 Å². The highest BCUT2D eigenvalue weighted by molar-refractivity contribution is 9.10. The lowest BCUT2D eigenvalue weighted by molar-refractivity contribution is -0.139. The second kappa shape index (κ2) is 13.9. The molecular weight excluding hydrogens is 637 g/mol. The summed E-state index contributed by atoms with van der Waals surface area (Å²) in [4.78, 5) is 28.4. The summed E-state index contributed by atoms with van der Waals surface area (Å²) in [5.74, 6) is -0.696. The van der Waals surface area contributed by atoms with Crippen molar-refractivity contribution in [1.29, 1.82) is 0 Å². The number of hydrogen-bond acceptors (Lipinski definition) is 4. The van der Waals surface area contributed by atoms with Crippen LogP contribution in [-0.4, -0.2) is 44.3 Å². The van der Waals surface area contributed by atoms with Crippen LogP contribution in [0.2, 0.25) is 10.0 Å². The summed E-state index contributed by atoms with van der Waals surface area (Å²) in [6.45, 7) is 7.34. The lowest BCUT2D eigenvalue weighted by Gasteiger charge is -2.32. The summed E-state index contributed by atoms with van der Waals surface area (Å²) in [5.41, 5.74) is 1.85. The standard InChI is InChI=1S/C29H32BrCl2N3O4S/c1-19(2)16-33-29(37)21(4)34(17-22-7-14-26(31)27(32)15-22)28(36)18-35(24-10-8-23(30)9-11-24)40(38,39)25-12-5-20(3)6-13-25/h5-15,19,21H,16-18H2,1-4H3,(H,33,37)/t21-/m0/s1. The van der Waals surface area contributed by atoms with E-state index in [1.807, 2.05) is 20.8 Å². The molecule has 1 atom stereocenters. The zero-order valence-electron chi connectivity index (χ0n) is 22.7. The molecule has 0 spiro atoms. The fourth-order valence-electron chi connectivity index (χ4n) is 3.84. The molecule has 0 heterocycles. The van der Waals surface area contributed by atoms with Crippen LogP contribution in [0.15, 0.2) is 76.1 Å². The van der Waals surface area contributed by atoms with Gasteiger partial charge in [-0.2, -0.15) is 0 Å². The van der Waals surface area contributed by atoms with E-state index in [0.29, 0.717) is 27.8 Å². The van der Waals surface area contributed by atoms with Gasteiger partial charge in [0.15, 0.2) is 0 Å². The fourth-order valence-corrected chi connectivity index (χ4v) is 5.84. The smallest absolute Gasteiger partial charge is 0.264 e. The number of carbonyl (C=O) groups is 2. The van der Waals surface area contributed by atoms with Crippen molar-refractivity contribution in [2.45, 2.75) is 45.2 Å². The summed E-state index contributed by atoms with van der Waals surface area (Å²) in [5, 5.41) is 3.52. The molecule has 0 aliphatic carbocycles. The predicted molar refractivity (Wildman–Crippen MR) is 164 cm³/mol. The Morgan fingerprint density at radius 2 is 1.55 bits per heavy atom. The van der Waals surface area contributed by atoms with Crippen molar-refractivity contribution in [3.8, 4) is 0 Å². The van der Waals surface area contributed by atoms with Crippen molar-refractivity contribution in [3.63, 3.8) is 0 Å². The molecule has 3 rings (SSSR count). The van der Waals surface area contributed by atoms with Gasteiger partial charge in [-0.25, -0.2) is 8.42 Å². The number of nitrogens with zero attached hydrogens (tertiary/aromatic N) is 2. The molecular formula is C29H32BrCl2N3O4S. The number of carbonyl (C=O) groups excluding carboxylic acids is 2. The molecule has 0 aliphatic rings. The quantitative estimate of drug-likeness (QED) is 0.255. The minimum Gasteiger partial charge on any atom is -0.354 e. The Hall–Kier alpha value is -2.59. The first-order chi connectivity index (χ1) is 18.8. The third-order valence-corrected chi connectivity index (χ3v) is 9.25. The summed E-state index contributed by atoms with van der Waals surface area (Å²) in [6, 6.07) is 17.1. The zero-order chi connectivity index (χ0) is 29.6. The molecule has 0 saturated heterocycles. The predicted octanol–water partition coefficient (Wildman–Crippen LogP) is 6.45. The molecule has 0 bridgehead atoms. The summed E-state index contributed by atoms with van der Waals surface area (Å²) < 4.78 is 29.5. The normalized spacial score (nSPS) is 12.2. The van der Waals surface area contributed by atoms with E-state index >= 15 is 0 Å². The summed E-state index contributed by atoms with van der Waals surface area (Å²) in [7, 11) is -4.13. The van der Waals surface area contributed by atoms with Crippen LogP contribution in [0.5, 0.6) is 0 Å². The zero-order valence-corrected chi connectivity index (χ0v) is 26.6. The van der Waals surface area contributed by atoms with Gasteiger partial charge >= 0.3 is 0 Å². The number of nitrogens with one attached hydrogen (secondary N) is 1. The Labute approximate surface area is 254 Å². The van der Waals surface area contributed by atoms with Crippen LogP contribution >= 0.6 is 39.1 Å². The largest absolute Gasteiger partial charge is 0.354 e. The minimum atomic E-state index is -4.13. The number of benzene rings is 3. The molecule has 0 radical (unpaired) electrons. The Bertz CT molecular complexity index is 1450. The van der Waals surface area contributed by atoms with Crippen LogP contribution in [0.4, 0.5) is 5.69 Å². The number of halogens is 3. The summed E-state index contributed by atoms with van der Waals surface area (Å²) >= 11 is 15.7. The van der Waals surface area contributed by atoms with Gasteiger partial charge in [-0.3, -0.25) is 13.9 Å². The highest BCUT2D eigenvalue weighted by atomic mass is 79.9. The van der Waals surface area contributed by atoms with Crippen LogP contribution in [0.3, 0.4) is 0 Å². The van der Waals surface area contributed by atoms with Gasteiger partial charge in [0, 0.05) is 17.6 Å². The highest BCUT2D eigenvalue weighted by Crippen LogP contribution is 2.27. The third kappa shape index (κ3) is 8.22. The third-order valence-electron chi connectivity index (χ3n) is 6.19. The molecule has 0 unspecified atom stereocenters. The van der Waals surface area contributed by atoms with Gasteiger partial charge in [0.05, 0.1) is 20.6 Å². The van der Waals surface area contributed by atoms with E-state index in [-0.39, 0.29) is 23.3 Å². The van der Waals surface area contributed by atoms with E-state index in [4.69, 9.17) is 23.2 Å². The molecule has 3 aromatic rings. The van der Waals surface area contributed by atoms with Gasteiger partial charge in [0.25, 0.3) is 10.0 Å². The molecule has 3 aromatic carbocycles. The highest BCUT2D eigenvalue weighted by Gasteiger charge is 2.32. The number of anilines is 1. The monoisotopic (exact) mass is 667 g/mol. The molecule has 0 saturated carbocycles. The van der Waals surface area contributed by atoms with Gasteiger partial charge in [-0.15, -0.1) is 0 Å². The second-order valence-corrected chi connectivity index (χ2v) is 13.5. The first-order valence-electron chi connectivity index (χ1n) is 12.7. The number of amides is 2. The van der Waals surface area contributed by atoms with Crippen LogP contribution in [0.25, 0.3) is 0 Å². The molecule has 0 fully saturated rings. The maximum absolute atomic E-state index is 13.9. The van der Waals surface area contributed by atoms with E-state index in [0.717, 1.165) is 14.3 Å². The van der Waals surface area contributed by atoms with Crippen molar-refractivity contribution >= 4 is 66.7 Å². The maximum Gasteiger partial charge on any atom is 0.264 e. The number of hydrogen-bond donors (Lipinski definition) is 1. The molecule has 11 heteroatoms. The molecule has 40 heavy (non-hydrogen) atoms. The van der Waals surface area contributed by atoms with E-state index in [1.54, 1.807) is 61.5 Å². The van der Waals surface area contributed by atoms with Crippen molar-refractivity contribution in [2.24, 2.45) is 5.92 Å². The van der Waals surface area contributed by atoms with Gasteiger partial charge in [0.2, 0.25) is 11.8 Å². The maximum atomic E-state index is 13.9. The van der Waals surface area contributed by atoms with Crippen molar-refractivity contribution in [2.75, 3.05) is 17.4 Å². The Kier molecular flexibility index (Phi) is 11.1. The van der Waals surface area contributed by atoms with Crippen LogP contribution in [0.1, 0.15) is 31.9 Å². The van der Waals surface area contributed by atoms with Crippen molar-refractivity contribution in [3.05, 3.63) is 92.4 Å². The molecule has 214 valence electrons. The lowest BCUT2D eigenvalue weighted by atomic mass is 10.1. The Morgan fingerprint density at radius 1 is 0.925 bits per heavy atom. The molecule has 1 N–H and O–H groups in total. The van der Waals surface area contributed by atoms with Gasteiger partial charge in [0.1, 0.15) is 12.6 Å². The molecule has 7 nitrogen and oxygen atoms in total. The molecule has 2 amide bonds. The van der Waals surface area contributed by atoms with E-state index in [1.165, 1.54) is 17.0 Å². The first kappa shape index (κ1) is 31.9. The van der Waals surface area contributed by atoms with Crippen LogP contribution in [-0.2, 0) is 26.2 Å². The van der Waals surface area contributed by atoms with Gasteiger partial charge in [-0.1, -0.05) is 76.7 Å². The number of rotatable bonds is 11. The van der Waals surface area contributed by atoms with Gasteiger partial charge < -0.3 is 10.2 Å². The van der Waals surface area contributed by atoms with Crippen molar-refractivity contribution < 1.29 is 18.0 Å². The average Bonchev–Trinajstić information content (AvgIpc) is 2.91. The van der Waals surface area contributed by atoms with E-state index < -0.39 is 28.5 Å². The fraction of sp³-hybridized carbons (Fsp3) is 0.310. The van der Waals surface area contributed by atoms with Crippen LogP contribution in [0, 0.1) is 12.8 Å². The second-order valence-electron chi connectivity index (χ2n) is 9.89. The van der Waals surface area contributed by atoms with E-state index in [9.17, 15) is 18.0 Å². The molecule has 0 aromatic heterocycles. The van der Waals surface area contributed by atoms with Crippen molar-refractivity contribution in [1.82, 2.24) is 10.2 Å². The lowest BCUT2D eigenvalue weighted by Crippen LogP contribution is -2.51. The summed E-state index contributed by atoms with van der Waals surface area (Å²) in [6.07, 6.45) is 0. The van der Waals surface area contributed by atoms with E-state index in [2.05, 4.69) is 21.2 Å². The van der Waals surface area contributed by atoms with Gasteiger partial charge in [-0.05, 0) is 73.9 Å². The molecule has 0 aliphatic heterocycles. The minimum absolute atomic E-state index is 0.0186. The number of aryl methyl sites for hydroxylation is 1. The SMILES string of the molecule is Cc1ccc(S(=O)(=O)N(CC(=O)N(Cc2ccc(Cl)c(Cl)c2)[C@@H](C)C(=O)NCC(C)C)c2ccc(Br)cc2)cc1. The number of sulfonamides is 1. The Morgan fingerprint density at radius 3 is 2.12 bits per heavy atom. The first-order valence-corrected chi connectivity index (χ1v) is 15.6. The van der Waals surface area contributed by atoms with Crippen LogP contribution < -0.4 is 9.62 Å². The Balaban J connectivity index is 2.02.